The van der Waals surface area contributed by atoms with Crippen molar-refractivity contribution in [2.24, 2.45) is 0 Å². The van der Waals surface area contributed by atoms with E-state index in [4.69, 9.17) is 21.1 Å². The maximum Gasteiger partial charge on any atom is 0.347 e. The number of ether oxygens (including phenoxy) is 2. The van der Waals surface area contributed by atoms with Gasteiger partial charge < -0.3 is 14.8 Å². The van der Waals surface area contributed by atoms with Crippen molar-refractivity contribution in [3.05, 3.63) is 59.1 Å². The van der Waals surface area contributed by atoms with E-state index in [2.05, 4.69) is 5.32 Å². The molecule has 8 heteroatoms. The fraction of sp³-hybridized carbons (Fsp3) is 0.176. The number of carbonyl (C=O) groups is 2. The molecule has 0 spiro atoms. The van der Waals surface area contributed by atoms with Crippen LogP contribution in [0.4, 0.5) is 14.5 Å². The second kappa shape index (κ2) is 8.43. The average Bonchev–Trinajstić information content (AvgIpc) is 2.57. The number of benzene rings is 2. The molecule has 0 saturated carbocycles. The van der Waals surface area contributed by atoms with Gasteiger partial charge >= 0.3 is 5.97 Å². The van der Waals surface area contributed by atoms with Gasteiger partial charge in [0.1, 0.15) is 17.4 Å². The van der Waals surface area contributed by atoms with E-state index in [-0.39, 0.29) is 16.5 Å². The number of esters is 1. The first kappa shape index (κ1) is 18.7. The summed E-state index contributed by atoms with van der Waals surface area (Å²) in [6.45, 7) is 0.806. The van der Waals surface area contributed by atoms with Gasteiger partial charge in [0.2, 0.25) is 0 Å². The number of hydrogen-bond donors (Lipinski definition) is 1. The summed E-state index contributed by atoms with van der Waals surface area (Å²) in [6.07, 6.45) is -1.01. The number of hydrogen-bond acceptors (Lipinski definition) is 4. The molecule has 2 aromatic carbocycles. The smallest absolute Gasteiger partial charge is 0.347 e. The molecule has 1 atom stereocenters. The average molecular weight is 370 g/mol. The van der Waals surface area contributed by atoms with Gasteiger partial charge in [-0.15, -0.1) is 0 Å². The fourth-order valence-electron chi connectivity index (χ4n) is 1.80. The zero-order chi connectivity index (χ0) is 18.4. The third kappa shape index (κ3) is 5.72. The van der Waals surface area contributed by atoms with Gasteiger partial charge in [0.25, 0.3) is 5.91 Å². The Kier molecular flexibility index (Phi) is 6.30. The first-order chi connectivity index (χ1) is 11.8. The van der Waals surface area contributed by atoms with Crippen molar-refractivity contribution >= 4 is 29.2 Å². The Morgan fingerprint density at radius 2 is 1.84 bits per heavy atom. The van der Waals surface area contributed by atoms with E-state index in [1.54, 1.807) is 0 Å². The predicted octanol–water partition coefficient (Wildman–Crippen LogP) is 3.57. The molecule has 132 valence electrons. The monoisotopic (exact) mass is 369 g/mol. The Morgan fingerprint density at radius 3 is 2.48 bits per heavy atom. The van der Waals surface area contributed by atoms with Crippen molar-refractivity contribution in [1.82, 2.24) is 0 Å². The van der Waals surface area contributed by atoms with Crippen molar-refractivity contribution < 1.29 is 27.8 Å². The van der Waals surface area contributed by atoms with Gasteiger partial charge in [0.15, 0.2) is 12.7 Å². The Labute approximate surface area is 147 Å². The summed E-state index contributed by atoms with van der Waals surface area (Å²) in [5.41, 5.74) is -0.0824. The van der Waals surface area contributed by atoms with E-state index in [1.807, 2.05) is 0 Å². The van der Waals surface area contributed by atoms with Crippen molar-refractivity contribution in [2.75, 3.05) is 11.9 Å². The molecule has 0 heterocycles. The van der Waals surface area contributed by atoms with Crippen molar-refractivity contribution in [3.63, 3.8) is 0 Å². The van der Waals surface area contributed by atoms with Crippen molar-refractivity contribution in [2.45, 2.75) is 13.0 Å². The van der Waals surface area contributed by atoms with Crippen molar-refractivity contribution in [1.29, 1.82) is 0 Å². The summed E-state index contributed by atoms with van der Waals surface area (Å²) in [7, 11) is 0. The van der Waals surface area contributed by atoms with Crippen LogP contribution in [0.15, 0.2) is 42.5 Å². The predicted molar refractivity (Wildman–Crippen MR) is 87.5 cm³/mol. The van der Waals surface area contributed by atoms with E-state index in [1.165, 1.54) is 43.3 Å². The van der Waals surface area contributed by atoms with Crippen LogP contribution in [0.5, 0.6) is 5.75 Å². The molecular formula is C17H14ClF2NO4. The lowest BCUT2D eigenvalue weighted by Crippen LogP contribution is -2.29. The van der Waals surface area contributed by atoms with E-state index in [9.17, 15) is 18.4 Å². The minimum Gasteiger partial charge on any atom is -0.479 e. The van der Waals surface area contributed by atoms with Crippen molar-refractivity contribution in [3.8, 4) is 5.75 Å². The molecule has 25 heavy (non-hydrogen) atoms. The highest BCUT2D eigenvalue weighted by Gasteiger charge is 2.18. The Bertz CT molecular complexity index is 768. The molecule has 0 saturated heterocycles. The highest BCUT2D eigenvalue weighted by atomic mass is 35.5. The molecule has 1 amide bonds. The number of amides is 1. The summed E-state index contributed by atoms with van der Waals surface area (Å²) in [4.78, 5) is 23.5. The zero-order valence-corrected chi connectivity index (χ0v) is 13.8. The van der Waals surface area contributed by atoms with E-state index in [0.29, 0.717) is 0 Å². The summed E-state index contributed by atoms with van der Waals surface area (Å²) in [5, 5.41) is 2.44. The maximum absolute atomic E-state index is 13.6. The van der Waals surface area contributed by atoms with Gasteiger partial charge in [-0.2, -0.15) is 0 Å². The van der Waals surface area contributed by atoms with Crippen LogP contribution in [0.1, 0.15) is 6.92 Å². The SMILES string of the molecule is C[C@H](Oc1ccc(F)cc1)C(=O)OCC(=O)Nc1ccc(Cl)cc1F. The minimum atomic E-state index is -1.01. The lowest BCUT2D eigenvalue weighted by atomic mass is 10.3. The van der Waals surface area contributed by atoms with Crippen LogP contribution in [0.2, 0.25) is 5.02 Å². The van der Waals surface area contributed by atoms with Gasteiger partial charge in [-0.3, -0.25) is 4.79 Å². The van der Waals surface area contributed by atoms with Gasteiger partial charge in [-0.25, -0.2) is 13.6 Å². The van der Waals surface area contributed by atoms with Gasteiger partial charge in [-0.1, -0.05) is 11.6 Å². The molecule has 0 aliphatic carbocycles. The summed E-state index contributed by atoms with van der Waals surface area (Å²) >= 11 is 5.61. The third-order valence-corrected chi connectivity index (χ3v) is 3.24. The van der Waals surface area contributed by atoms with E-state index >= 15 is 0 Å². The highest BCUT2D eigenvalue weighted by molar-refractivity contribution is 6.30. The molecule has 2 rings (SSSR count). The molecule has 0 aliphatic rings. The van der Waals surface area contributed by atoms with Gasteiger partial charge in [-0.05, 0) is 49.4 Å². The molecule has 0 bridgehead atoms. The normalized spacial score (nSPS) is 11.5. The maximum atomic E-state index is 13.6. The van der Waals surface area contributed by atoms with E-state index < -0.39 is 36.2 Å². The Balaban J connectivity index is 1.82. The summed E-state index contributed by atoms with van der Waals surface area (Å²) in [6, 6.07) is 8.82. The highest BCUT2D eigenvalue weighted by Crippen LogP contribution is 2.18. The second-order valence-corrected chi connectivity index (χ2v) is 5.43. The van der Waals surface area contributed by atoms with E-state index in [0.717, 1.165) is 6.07 Å². The topological polar surface area (TPSA) is 64.6 Å². The van der Waals surface area contributed by atoms with Crippen LogP contribution in [0, 0.1) is 11.6 Å². The number of anilines is 1. The van der Waals surface area contributed by atoms with Crippen LogP contribution in [-0.4, -0.2) is 24.6 Å². The molecule has 1 N–H and O–H groups in total. The first-order valence-electron chi connectivity index (χ1n) is 7.19. The van der Waals surface area contributed by atoms with Crippen LogP contribution < -0.4 is 10.1 Å². The lowest BCUT2D eigenvalue weighted by molar-refractivity contribution is -0.153. The molecule has 0 radical (unpaired) electrons. The third-order valence-electron chi connectivity index (χ3n) is 3.01. The summed E-state index contributed by atoms with van der Waals surface area (Å²) in [5.74, 6) is -2.38. The van der Waals surface area contributed by atoms with Crippen LogP contribution >= 0.6 is 11.6 Å². The van der Waals surface area contributed by atoms with Gasteiger partial charge in [0, 0.05) is 5.02 Å². The standard InChI is InChI=1S/C17H14ClF2NO4/c1-10(25-13-5-3-12(19)4-6-13)17(23)24-9-16(22)21-15-7-2-11(18)8-14(15)20/h2-8,10H,9H2,1H3,(H,21,22)/t10-/m0/s1. The Morgan fingerprint density at radius 1 is 1.16 bits per heavy atom. The number of nitrogens with one attached hydrogen (secondary N) is 1. The van der Waals surface area contributed by atoms with Crippen LogP contribution in [0.3, 0.4) is 0 Å². The molecule has 0 unspecified atom stereocenters. The molecule has 2 aromatic rings. The number of halogens is 3. The van der Waals surface area contributed by atoms with Crippen LogP contribution in [-0.2, 0) is 14.3 Å². The molecule has 0 aromatic heterocycles. The zero-order valence-electron chi connectivity index (χ0n) is 13.1. The Hall–Kier alpha value is -2.67. The fourth-order valence-corrected chi connectivity index (χ4v) is 1.96. The number of carbonyl (C=O) groups excluding carboxylic acids is 2. The summed E-state index contributed by atoms with van der Waals surface area (Å²) < 4.78 is 36.4. The molecular weight excluding hydrogens is 356 g/mol. The van der Waals surface area contributed by atoms with Gasteiger partial charge in [0.05, 0.1) is 5.69 Å². The second-order valence-electron chi connectivity index (χ2n) is 4.99. The molecule has 5 nitrogen and oxygen atoms in total. The largest absolute Gasteiger partial charge is 0.479 e. The molecule has 0 aliphatic heterocycles. The minimum absolute atomic E-state index is 0.0824. The number of rotatable bonds is 6. The quantitative estimate of drug-likeness (QED) is 0.791. The van der Waals surface area contributed by atoms with Crippen LogP contribution in [0.25, 0.3) is 0 Å². The lowest BCUT2D eigenvalue weighted by Gasteiger charge is -2.14. The first-order valence-corrected chi connectivity index (χ1v) is 7.56. The molecule has 0 fully saturated rings.